The fourth-order valence-electron chi connectivity index (χ4n) is 0.771. The lowest BCUT2D eigenvalue weighted by Gasteiger charge is -2.11. The molecule has 0 fully saturated rings. The number of rotatable bonds is 6. The Morgan fingerprint density at radius 1 is 1.36 bits per heavy atom. The minimum absolute atomic E-state index is 0.0339. The van der Waals surface area contributed by atoms with Gasteiger partial charge in [0.25, 0.3) is 0 Å². The van der Waals surface area contributed by atoms with Crippen LogP contribution >= 0.6 is 11.8 Å². The van der Waals surface area contributed by atoms with Crippen LogP contribution in [0, 0.1) is 0 Å². The number of esters is 2. The van der Waals surface area contributed by atoms with Gasteiger partial charge in [-0.1, -0.05) is 0 Å². The van der Waals surface area contributed by atoms with Crippen molar-refractivity contribution in [3.05, 3.63) is 0 Å². The number of carbonyl (C=O) groups is 2. The number of carbonyl (C=O) groups excluding carboxylic acids is 2. The molecule has 0 aromatic carbocycles. The summed E-state index contributed by atoms with van der Waals surface area (Å²) < 4.78 is 8.94. The summed E-state index contributed by atoms with van der Waals surface area (Å²) in [5, 5.41) is 7.97. The largest absolute Gasteiger partial charge is 0.469 e. The Morgan fingerprint density at radius 3 is 2.43 bits per heavy atom. The average molecular weight is 222 g/mol. The van der Waals surface area contributed by atoms with Crippen molar-refractivity contribution in [1.82, 2.24) is 0 Å². The quantitative estimate of drug-likeness (QED) is 0.628. The maximum Gasteiger partial charge on any atom is 0.319 e. The van der Waals surface area contributed by atoms with Crippen LogP contribution in [0.4, 0.5) is 0 Å². The molecule has 14 heavy (non-hydrogen) atoms. The first kappa shape index (κ1) is 13.2. The third-order valence-corrected chi connectivity index (χ3v) is 2.63. The van der Waals surface area contributed by atoms with E-state index in [9.17, 15) is 9.59 Å². The number of aliphatic hydroxyl groups is 1. The van der Waals surface area contributed by atoms with Crippen molar-refractivity contribution in [2.24, 2.45) is 0 Å². The molecule has 82 valence electrons. The molecule has 0 spiro atoms. The van der Waals surface area contributed by atoms with Gasteiger partial charge in [0.15, 0.2) is 0 Å². The topological polar surface area (TPSA) is 72.8 Å². The fourth-order valence-corrected chi connectivity index (χ4v) is 1.65. The van der Waals surface area contributed by atoms with Gasteiger partial charge in [-0.25, -0.2) is 0 Å². The van der Waals surface area contributed by atoms with Gasteiger partial charge in [-0.15, -0.1) is 11.8 Å². The Kier molecular flexibility index (Phi) is 7.23. The first-order valence-corrected chi connectivity index (χ1v) is 5.07. The molecule has 0 bridgehead atoms. The van der Waals surface area contributed by atoms with Crippen molar-refractivity contribution in [1.29, 1.82) is 0 Å². The van der Waals surface area contributed by atoms with Gasteiger partial charge >= 0.3 is 11.9 Å². The lowest BCUT2D eigenvalue weighted by atomic mass is 10.3. The van der Waals surface area contributed by atoms with Gasteiger partial charge in [0.2, 0.25) is 0 Å². The number of aliphatic hydroxyl groups excluding tert-OH is 1. The van der Waals surface area contributed by atoms with Crippen LogP contribution in [0.1, 0.15) is 6.42 Å². The van der Waals surface area contributed by atoms with E-state index in [1.807, 2.05) is 0 Å². The molecule has 0 radical (unpaired) electrons. The first-order chi connectivity index (χ1) is 6.65. The summed E-state index contributed by atoms with van der Waals surface area (Å²) in [7, 11) is 2.51. The zero-order chi connectivity index (χ0) is 11.0. The highest BCUT2D eigenvalue weighted by molar-refractivity contribution is 8.00. The molecule has 0 aromatic rings. The number of thioether (sulfide) groups is 1. The minimum atomic E-state index is -0.598. The summed E-state index contributed by atoms with van der Waals surface area (Å²) in [5.41, 5.74) is 0. The molecule has 0 aliphatic heterocycles. The Hall–Kier alpha value is -0.750. The van der Waals surface area contributed by atoms with Crippen molar-refractivity contribution in [3.63, 3.8) is 0 Å². The molecular weight excluding hydrogens is 208 g/mol. The third kappa shape index (κ3) is 5.08. The Labute approximate surface area is 86.8 Å². The highest BCUT2D eigenvalue weighted by Crippen LogP contribution is 2.16. The van der Waals surface area contributed by atoms with Gasteiger partial charge in [0.1, 0.15) is 5.25 Å². The number of methoxy groups -OCH3 is 2. The second-order valence-electron chi connectivity index (χ2n) is 2.39. The maximum absolute atomic E-state index is 11.1. The molecule has 1 N–H and O–H groups in total. The first-order valence-electron chi connectivity index (χ1n) is 4.02. The highest BCUT2D eigenvalue weighted by atomic mass is 32.2. The molecule has 0 heterocycles. The van der Waals surface area contributed by atoms with Gasteiger partial charge in [-0.2, -0.15) is 0 Å². The molecule has 0 amide bonds. The molecule has 5 nitrogen and oxygen atoms in total. The van der Waals surface area contributed by atoms with Crippen LogP contribution < -0.4 is 0 Å². The second-order valence-corrected chi connectivity index (χ2v) is 3.70. The van der Waals surface area contributed by atoms with E-state index in [1.165, 1.54) is 26.0 Å². The molecule has 0 saturated heterocycles. The van der Waals surface area contributed by atoms with E-state index >= 15 is 0 Å². The summed E-state index contributed by atoms with van der Waals surface area (Å²) in [4.78, 5) is 22.0. The molecule has 0 aromatic heterocycles. The predicted octanol–water partition coefficient (Wildman–Crippen LogP) is -0.183. The molecule has 0 rings (SSSR count). The molecule has 0 aliphatic carbocycles. The van der Waals surface area contributed by atoms with E-state index < -0.39 is 17.2 Å². The van der Waals surface area contributed by atoms with E-state index in [-0.39, 0.29) is 13.0 Å². The average Bonchev–Trinajstić information content (AvgIpc) is 2.22. The van der Waals surface area contributed by atoms with E-state index in [0.29, 0.717) is 5.75 Å². The van der Waals surface area contributed by atoms with Crippen molar-refractivity contribution in [3.8, 4) is 0 Å². The van der Waals surface area contributed by atoms with E-state index in [1.54, 1.807) is 0 Å². The van der Waals surface area contributed by atoms with Crippen molar-refractivity contribution in [2.75, 3.05) is 26.6 Å². The normalized spacial score (nSPS) is 11.9. The van der Waals surface area contributed by atoms with Crippen LogP contribution in [0.2, 0.25) is 0 Å². The van der Waals surface area contributed by atoms with E-state index in [4.69, 9.17) is 5.11 Å². The summed E-state index contributed by atoms with van der Waals surface area (Å²) in [6.07, 6.45) is -0.0339. The van der Waals surface area contributed by atoms with Gasteiger partial charge in [0.05, 0.1) is 27.2 Å². The zero-order valence-electron chi connectivity index (χ0n) is 8.19. The van der Waals surface area contributed by atoms with Crippen molar-refractivity contribution < 1.29 is 24.2 Å². The van der Waals surface area contributed by atoms with Crippen molar-refractivity contribution in [2.45, 2.75) is 11.7 Å². The molecule has 0 aliphatic rings. The van der Waals surface area contributed by atoms with Crippen LogP contribution in [0.3, 0.4) is 0 Å². The predicted molar refractivity (Wildman–Crippen MR) is 52.0 cm³/mol. The number of hydrogen-bond acceptors (Lipinski definition) is 6. The summed E-state index contributed by atoms with van der Waals surface area (Å²) >= 11 is 1.17. The van der Waals surface area contributed by atoms with E-state index in [0.717, 1.165) is 0 Å². The van der Waals surface area contributed by atoms with Gasteiger partial charge in [-0.3, -0.25) is 9.59 Å². The smallest absolute Gasteiger partial charge is 0.319 e. The summed E-state index contributed by atoms with van der Waals surface area (Å²) in [6.45, 7) is -0.0423. The summed E-state index contributed by atoms with van der Waals surface area (Å²) in [5.74, 6) is -0.559. The molecular formula is C8H14O5S. The van der Waals surface area contributed by atoms with E-state index in [2.05, 4.69) is 9.47 Å². The Balaban J connectivity index is 4.09. The number of hydrogen-bond donors (Lipinski definition) is 1. The zero-order valence-corrected chi connectivity index (χ0v) is 9.00. The molecule has 1 unspecified atom stereocenters. The third-order valence-electron chi connectivity index (χ3n) is 1.45. The van der Waals surface area contributed by atoms with Gasteiger partial charge in [-0.05, 0) is 0 Å². The molecule has 0 saturated carbocycles. The maximum atomic E-state index is 11.1. The fraction of sp³-hybridized carbons (Fsp3) is 0.750. The highest BCUT2D eigenvalue weighted by Gasteiger charge is 2.23. The summed E-state index contributed by atoms with van der Waals surface area (Å²) in [6, 6.07) is 0. The second kappa shape index (κ2) is 7.64. The van der Waals surface area contributed by atoms with Crippen LogP contribution in [-0.2, 0) is 19.1 Å². The van der Waals surface area contributed by atoms with Crippen LogP contribution in [0.5, 0.6) is 0 Å². The Morgan fingerprint density at radius 2 is 2.00 bits per heavy atom. The monoisotopic (exact) mass is 222 g/mol. The van der Waals surface area contributed by atoms with Crippen LogP contribution in [-0.4, -0.2) is 48.9 Å². The van der Waals surface area contributed by atoms with Gasteiger partial charge in [0, 0.05) is 5.75 Å². The lowest BCUT2D eigenvalue weighted by molar-refractivity contribution is -0.146. The SMILES string of the molecule is COC(=O)CC(SCCO)C(=O)OC. The van der Waals surface area contributed by atoms with Crippen molar-refractivity contribution >= 4 is 23.7 Å². The molecule has 1 atom stereocenters. The lowest BCUT2D eigenvalue weighted by Crippen LogP contribution is -2.23. The van der Waals surface area contributed by atoms with Gasteiger partial charge < -0.3 is 14.6 Å². The standard InChI is InChI=1S/C8H14O5S/c1-12-7(10)5-6(8(11)13-2)14-4-3-9/h6,9H,3-5H2,1-2H3. The minimum Gasteiger partial charge on any atom is -0.469 e. The van der Waals surface area contributed by atoms with Crippen LogP contribution in [0.25, 0.3) is 0 Å². The molecule has 6 heteroatoms. The van der Waals surface area contributed by atoms with Crippen LogP contribution in [0.15, 0.2) is 0 Å². The Bertz CT molecular complexity index is 194. The number of ether oxygens (including phenoxy) is 2.